The highest BCUT2D eigenvalue weighted by atomic mass is 35.5. The third-order valence-corrected chi connectivity index (χ3v) is 2.89. The second-order valence-corrected chi connectivity index (χ2v) is 4.37. The van der Waals surface area contributed by atoms with Gasteiger partial charge in [0.25, 0.3) is 5.91 Å². The third kappa shape index (κ3) is 3.59. The van der Waals surface area contributed by atoms with E-state index in [-0.39, 0.29) is 5.91 Å². The maximum Gasteiger partial charge on any atom is 0.271 e. The molecule has 0 saturated carbocycles. The van der Waals surface area contributed by atoms with Gasteiger partial charge in [0.1, 0.15) is 5.75 Å². The lowest BCUT2D eigenvalue weighted by Gasteiger charge is -2.03. The molecule has 0 radical (unpaired) electrons. The lowest BCUT2D eigenvalue weighted by Crippen LogP contribution is -2.17. The van der Waals surface area contributed by atoms with Crippen LogP contribution in [0.3, 0.4) is 0 Å². The summed E-state index contributed by atoms with van der Waals surface area (Å²) in [6.45, 7) is 0. The fourth-order valence-electron chi connectivity index (χ4n) is 1.58. The van der Waals surface area contributed by atoms with E-state index in [0.29, 0.717) is 16.3 Å². The monoisotopic (exact) mass is 288 g/mol. The first-order chi connectivity index (χ1) is 9.70. The molecule has 0 aliphatic rings. The summed E-state index contributed by atoms with van der Waals surface area (Å²) < 4.78 is 5.05. The first kappa shape index (κ1) is 14.1. The molecule has 0 heterocycles. The second-order valence-electron chi connectivity index (χ2n) is 3.96. The van der Waals surface area contributed by atoms with Crippen LogP contribution in [0.25, 0.3) is 0 Å². The van der Waals surface area contributed by atoms with Crippen molar-refractivity contribution in [1.29, 1.82) is 0 Å². The molecule has 0 aromatic heterocycles. The van der Waals surface area contributed by atoms with Crippen LogP contribution in [0.2, 0.25) is 5.02 Å². The largest absolute Gasteiger partial charge is 0.495 e. The van der Waals surface area contributed by atoms with Gasteiger partial charge >= 0.3 is 0 Å². The van der Waals surface area contributed by atoms with Crippen molar-refractivity contribution in [2.24, 2.45) is 5.10 Å². The smallest absolute Gasteiger partial charge is 0.271 e. The van der Waals surface area contributed by atoms with Gasteiger partial charge in [-0.3, -0.25) is 4.79 Å². The van der Waals surface area contributed by atoms with E-state index in [1.54, 1.807) is 49.6 Å². The first-order valence-electron chi connectivity index (χ1n) is 5.92. The molecule has 0 unspecified atom stereocenters. The fraction of sp³-hybridized carbons (Fsp3) is 0.0667. The van der Waals surface area contributed by atoms with Crippen molar-refractivity contribution in [2.45, 2.75) is 0 Å². The maximum atomic E-state index is 11.7. The van der Waals surface area contributed by atoms with Crippen molar-refractivity contribution in [3.05, 3.63) is 64.7 Å². The molecule has 102 valence electrons. The molecular weight excluding hydrogens is 276 g/mol. The average molecular weight is 289 g/mol. The minimum atomic E-state index is -0.263. The van der Waals surface area contributed by atoms with E-state index in [1.165, 1.54) is 6.21 Å². The summed E-state index contributed by atoms with van der Waals surface area (Å²) in [5.74, 6) is 0.332. The summed E-state index contributed by atoms with van der Waals surface area (Å²) in [4.78, 5) is 11.7. The number of nitrogens with one attached hydrogen (secondary N) is 1. The molecule has 0 aliphatic carbocycles. The Labute approximate surface area is 122 Å². The van der Waals surface area contributed by atoms with Crippen LogP contribution in [0.5, 0.6) is 5.75 Å². The number of amides is 1. The molecule has 0 fully saturated rings. The number of carbonyl (C=O) groups excluding carboxylic acids is 1. The first-order valence-corrected chi connectivity index (χ1v) is 6.30. The summed E-state index contributed by atoms with van der Waals surface area (Å²) in [7, 11) is 1.55. The van der Waals surface area contributed by atoms with Crippen LogP contribution in [0, 0.1) is 0 Å². The normalized spacial score (nSPS) is 10.5. The number of hydrogen-bond donors (Lipinski definition) is 1. The van der Waals surface area contributed by atoms with Crippen LogP contribution in [-0.2, 0) is 0 Å². The lowest BCUT2D eigenvalue weighted by atomic mass is 10.2. The summed E-state index contributed by atoms with van der Waals surface area (Å²) >= 11 is 5.99. The number of rotatable bonds is 4. The average Bonchev–Trinajstić information content (AvgIpc) is 2.48. The molecule has 2 rings (SSSR count). The van der Waals surface area contributed by atoms with Crippen molar-refractivity contribution < 1.29 is 9.53 Å². The highest BCUT2D eigenvalue weighted by Crippen LogP contribution is 2.24. The Hall–Kier alpha value is -2.33. The van der Waals surface area contributed by atoms with Gasteiger partial charge in [-0.05, 0) is 35.9 Å². The highest BCUT2D eigenvalue weighted by Gasteiger charge is 2.02. The van der Waals surface area contributed by atoms with Gasteiger partial charge in [0.2, 0.25) is 0 Å². The molecule has 2 aromatic carbocycles. The van der Waals surface area contributed by atoms with Gasteiger partial charge in [0.15, 0.2) is 0 Å². The van der Waals surface area contributed by atoms with Crippen LogP contribution < -0.4 is 10.2 Å². The van der Waals surface area contributed by atoms with Crippen LogP contribution in [0.4, 0.5) is 0 Å². The highest BCUT2D eigenvalue weighted by molar-refractivity contribution is 6.32. The van der Waals surface area contributed by atoms with Gasteiger partial charge < -0.3 is 4.74 Å². The van der Waals surface area contributed by atoms with Crippen molar-refractivity contribution in [2.75, 3.05) is 7.11 Å². The molecule has 0 saturated heterocycles. The van der Waals surface area contributed by atoms with Gasteiger partial charge in [0, 0.05) is 5.56 Å². The maximum absolute atomic E-state index is 11.7. The Balaban J connectivity index is 2.00. The Morgan fingerprint density at radius 2 is 2.00 bits per heavy atom. The van der Waals surface area contributed by atoms with Gasteiger partial charge in [-0.1, -0.05) is 29.8 Å². The van der Waals surface area contributed by atoms with E-state index < -0.39 is 0 Å². The van der Waals surface area contributed by atoms with E-state index in [9.17, 15) is 4.79 Å². The number of nitrogens with zero attached hydrogens (tertiary/aromatic N) is 1. The molecule has 0 bridgehead atoms. The molecular formula is C15H13ClN2O2. The minimum Gasteiger partial charge on any atom is -0.495 e. The predicted molar refractivity (Wildman–Crippen MR) is 79.5 cm³/mol. The van der Waals surface area contributed by atoms with E-state index in [0.717, 1.165) is 5.56 Å². The van der Waals surface area contributed by atoms with E-state index in [4.69, 9.17) is 16.3 Å². The van der Waals surface area contributed by atoms with Crippen LogP contribution >= 0.6 is 11.6 Å². The van der Waals surface area contributed by atoms with Crippen LogP contribution in [0.15, 0.2) is 53.6 Å². The Bertz CT molecular complexity index is 627. The quantitative estimate of drug-likeness (QED) is 0.694. The van der Waals surface area contributed by atoms with Crippen LogP contribution in [-0.4, -0.2) is 19.2 Å². The van der Waals surface area contributed by atoms with E-state index in [1.807, 2.05) is 6.07 Å². The van der Waals surface area contributed by atoms with Gasteiger partial charge in [-0.2, -0.15) is 5.10 Å². The van der Waals surface area contributed by atoms with Gasteiger partial charge in [0.05, 0.1) is 18.3 Å². The molecule has 1 N–H and O–H groups in total. The van der Waals surface area contributed by atoms with E-state index >= 15 is 0 Å². The zero-order valence-corrected chi connectivity index (χ0v) is 11.6. The molecule has 1 amide bonds. The molecule has 20 heavy (non-hydrogen) atoms. The van der Waals surface area contributed by atoms with Gasteiger partial charge in [-0.15, -0.1) is 0 Å². The topological polar surface area (TPSA) is 50.7 Å². The fourth-order valence-corrected chi connectivity index (χ4v) is 1.85. The number of ether oxygens (including phenoxy) is 1. The molecule has 0 aliphatic heterocycles. The lowest BCUT2D eigenvalue weighted by molar-refractivity contribution is 0.0955. The van der Waals surface area contributed by atoms with E-state index in [2.05, 4.69) is 10.5 Å². The van der Waals surface area contributed by atoms with Crippen LogP contribution in [0.1, 0.15) is 15.9 Å². The summed E-state index contributed by atoms with van der Waals surface area (Å²) in [5, 5.41) is 4.38. The Kier molecular flexibility index (Phi) is 4.74. The molecule has 0 spiro atoms. The van der Waals surface area contributed by atoms with Crippen molar-refractivity contribution in [3.8, 4) is 5.75 Å². The third-order valence-electron chi connectivity index (χ3n) is 2.59. The Morgan fingerprint density at radius 3 is 2.65 bits per heavy atom. The number of methoxy groups -OCH3 is 1. The molecule has 4 nitrogen and oxygen atoms in total. The minimum absolute atomic E-state index is 0.263. The SMILES string of the molecule is COc1ccc(C=NNC(=O)c2ccccc2)cc1Cl. The zero-order valence-electron chi connectivity index (χ0n) is 10.8. The van der Waals surface area contributed by atoms with Crippen molar-refractivity contribution >= 4 is 23.7 Å². The van der Waals surface area contributed by atoms with Crippen molar-refractivity contribution in [1.82, 2.24) is 5.43 Å². The summed E-state index contributed by atoms with van der Waals surface area (Å²) in [6, 6.07) is 14.1. The summed E-state index contributed by atoms with van der Waals surface area (Å²) in [5.41, 5.74) is 3.77. The number of hydrogen-bond acceptors (Lipinski definition) is 3. The van der Waals surface area contributed by atoms with Crippen molar-refractivity contribution in [3.63, 3.8) is 0 Å². The predicted octanol–water partition coefficient (Wildman–Crippen LogP) is 3.11. The summed E-state index contributed by atoms with van der Waals surface area (Å²) in [6.07, 6.45) is 1.52. The number of benzene rings is 2. The Morgan fingerprint density at radius 1 is 1.25 bits per heavy atom. The second kappa shape index (κ2) is 6.73. The number of halogens is 1. The number of hydrazone groups is 1. The number of carbonyl (C=O) groups is 1. The zero-order chi connectivity index (χ0) is 14.4. The molecule has 2 aromatic rings. The van der Waals surface area contributed by atoms with Gasteiger partial charge in [-0.25, -0.2) is 5.43 Å². The molecule has 5 heteroatoms. The standard InChI is InChI=1S/C15H13ClN2O2/c1-20-14-8-7-11(9-13(14)16)10-17-18-15(19)12-5-3-2-4-6-12/h2-10H,1H3,(H,18,19). The molecule has 0 atom stereocenters.